The zero-order valence-electron chi connectivity index (χ0n) is 8.21. The minimum atomic E-state index is -0.231. The molecule has 72 valence electrons. The second kappa shape index (κ2) is 3.28. The van der Waals surface area contributed by atoms with Gasteiger partial charge >= 0.3 is 0 Å². The maximum atomic E-state index is 9.26. The molecule has 3 rings (SSSR count). The van der Waals surface area contributed by atoms with Gasteiger partial charge < -0.3 is 4.90 Å². The predicted octanol–water partition coefficient (Wildman–Crippen LogP) is 0.584. The summed E-state index contributed by atoms with van der Waals surface area (Å²) >= 11 is 0. The van der Waals surface area contributed by atoms with Crippen molar-refractivity contribution in [1.29, 1.82) is 5.26 Å². The van der Waals surface area contributed by atoms with Crippen LogP contribution in [0.1, 0.15) is 19.8 Å². The van der Waals surface area contributed by atoms with Crippen LogP contribution >= 0.6 is 0 Å². The average molecular weight is 179 g/mol. The molecule has 0 amide bonds. The Labute approximate surface area is 79.7 Å². The monoisotopic (exact) mass is 179 g/mol. The summed E-state index contributed by atoms with van der Waals surface area (Å²) < 4.78 is 0. The van der Waals surface area contributed by atoms with Crippen molar-refractivity contribution in [2.24, 2.45) is 5.92 Å². The van der Waals surface area contributed by atoms with E-state index >= 15 is 0 Å². The Hall–Kier alpha value is -0.590. The van der Waals surface area contributed by atoms with Crippen molar-refractivity contribution in [1.82, 2.24) is 10.2 Å². The molecule has 0 saturated carbocycles. The van der Waals surface area contributed by atoms with Crippen molar-refractivity contribution in [3.8, 4) is 6.07 Å². The summed E-state index contributed by atoms with van der Waals surface area (Å²) in [6, 6.07) is 2.50. The molecule has 0 aromatic heterocycles. The maximum Gasteiger partial charge on any atom is 0.122 e. The molecule has 3 nitrogen and oxygen atoms in total. The highest BCUT2D eigenvalue weighted by atomic mass is 15.2. The molecule has 3 saturated heterocycles. The van der Waals surface area contributed by atoms with E-state index in [2.05, 4.69) is 23.2 Å². The van der Waals surface area contributed by atoms with Crippen LogP contribution in [0, 0.1) is 17.2 Å². The molecular formula is C10H17N3. The molecule has 13 heavy (non-hydrogen) atoms. The lowest BCUT2D eigenvalue weighted by Crippen LogP contribution is -2.65. The molecule has 3 aliphatic rings. The first-order valence-electron chi connectivity index (χ1n) is 5.19. The second-order valence-corrected chi connectivity index (χ2v) is 4.16. The second-order valence-electron chi connectivity index (χ2n) is 4.16. The van der Waals surface area contributed by atoms with Crippen molar-refractivity contribution in [3.63, 3.8) is 0 Å². The van der Waals surface area contributed by atoms with Crippen molar-refractivity contribution in [2.45, 2.75) is 25.3 Å². The number of hydrogen-bond donors (Lipinski definition) is 1. The number of hydrogen-bond acceptors (Lipinski definition) is 3. The van der Waals surface area contributed by atoms with E-state index < -0.39 is 0 Å². The lowest BCUT2D eigenvalue weighted by molar-refractivity contribution is 0.0380. The summed E-state index contributed by atoms with van der Waals surface area (Å²) in [5.41, 5.74) is -0.231. The van der Waals surface area contributed by atoms with Gasteiger partial charge in [-0.25, -0.2) is 0 Å². The normalized spacial score (nSPS) is 43.1. The lowest BCUT2D eigenvalue weighted by Gasteiger charge is -2.49. The highest BCUT2D eigenvalue weighted by Gasteiger charge is 2.46. The van der Waals surface area contributed by atoms with Gasteiger partial charge in [0.1, 0.15) is 5.54 Å². The van der Waals surface area contributed by atoms with Gasteiger partial charge in [-0.1, -0.05) is 6.92 Å². The summed E-state index contributed by atoms with van der Waals surface area (Å²) in [4.78, 5) is 2.41. The van der Waals surface area contributed by atoms with Crippen LogP contribution in [-0.2, 0) is 0 Å². The Kier molecular flexibility index (Phi) is 2.27. The van der Waals surface area contributed by atoms with Crippen LogP contribution in [0.25, 0.3) is 0 Å². The lowest BCUT2D eigenvalue weighted by atomic mass is 9.73. The number of fused-ring (bicyclic) bond motifs is 3. The van der Waals surface area contributed by atoms with Gasteiger partial charge in [0, 0.05) is 6.54 Å². The zero-order chi connectivity index (χ0) is 9.31. The maximum absolute atomic E-state index is 9.26. The fourth-order valence-electron chi connectivity index (χ4n) is 2.75. The third kappa shape index (κ3) is 1.34. The van der Waals surface area contributed by atoms with Gasteiger partial charge in [0.15, 0.2) is 0 Å². The smallest absolute Gasteiger partial charge is 0.122 e. The number of piperidine rings is 3. The van der Waals surface area contributed by atoms with Crippen LogP contribution in [0.2, 0.25) is 0 Å². The summed E-state index contributed by atoms with van der Waals surface area (Å²) in [6.07, 6.45) is 2.39. The van der Waals surface area contributed by atoms with E-state index in [9.17, 15) is 5.26 Å². The number of rotatable bonds is 2. The third-order valence-electron chi connectivity index (χ3n) is 3.45. The number of nitrogens with one attached hydrogen (secondary N) is 1. The molecule has 0 aromatic rings. The van der Waals surface area contributed by atoms with Crippen LogP contribution in [0.4, 0.5) is 0 Å². The van der Waals surface area contributed by atoms with Gasteiger partial charge in [-0.05, 0) is 38.4 Å². The van der Waals surface area contributed by atoms with Crippen LogP contribution in [0.5, 0.6) is 0 Å². The highest BCUT2D eigenvalue weighted by Crippen LogP contribution is 2.34. The SMILES string of the molecule is CCNC1(C#N)CN2CCC1CC2. The van der Waals surface area contributed by atoms with Crippen LogP contribution in [-0.4, -0.2) is 36.6 Å². The Morgan fingerprint density at radius 3 is 2.62 bits per heavy atom. The molecule has 0 spiro atoms. The fraction of sp³-hybridized carbons (Fsp3) is 0.900. The van der Waals surface area contributed by atoms with E-state index in [-0.39, 0.29) is 5.54 Å². The van der Waals surface area contributed by atoms with Crippen LogP contribution in [0.15, 0.2) is 0 Å². The molecule has 3 aliphatic heterocycles. The van der Waals surface area contributed by atoms with Crippen molar-refractivity contribution in [2.75, 3.05) is 26.2 Å². The molecule has 0 aromatic carbocycles. The van der Waals surface area contributed by atoms with E-state index in [0.717, 1.165) is 13.1 Å². The molecule has 3 fully saturated rings. The van der Waals surface area contributed by atoms with Crippen molar-refractivity contribution in [3.05, 3.63) is 0 Å². The van der Waals surface area contributed by atoms with Gasteiger partial charge in [-0.3, -0.25) is 5.32 Å². The average Bonchev–Trinajstić information content (AvgIpc) is 2.20. The molecule has 1 N–H and O–H groups in total. The van der Waals surface area contributed by atoms with Crippen LogP contribution < -0.4 is 5.32 Å². The number of likely N-dealkylation sites (N-methyl/N-ethyl adjacent to an activating group) is 1. The third-order valence-corrected chi connectivity index (χ3v) is 3.45. The quantitative estimate of drug-likeness (QED) is 0.674. The van der Waals surface area contributed by atoms with Gasteiger partial charge in [-0.15, -0.1) is 0 Å². The Balaban J connectivity index is 2.17. The molecule has 1 atom stereocenters. The summed E-state index contributed by atoms with van der Waals surface area (Å²) in [5, 5.41) is 12.6. The molecule has 3 heteroatoms. The standard InChI is InChI=1S/C10H17N3/c1-2-12-10(7-11)8-13-5-3-9(10)4-6-13/h9,12H,2-6,8H2,1H3. The number of nitrogens with zero attached hydrogens (tertiary/aromatic N) is 2. The van der Waals surface area contributed by atoms with E-state index in [1.807, 2.05) is 0 Å². The molecule has 0 aliphatic carbocycles. The molecular weight excluding hydrogens is 162 g/mol. The van der Waals surface area contributed by atoms with Crippen LogP contribution in [0.3, 0.4) is 0 Å². The van der Waals surface area contributed by atoms with E-state index in [4.69, 9.17) is 0 Å². The topological polar surface area (TPSA) is 39.1 Å². The largest absolute Gasteiger partial charge is 0.300 e. The first-order chi connectivity index (χ1) is 6.30. The zero-order valence-corrected chi connectivity index (χ0v) is 8.21. The Morgan fingerprint density at radius 1 is 1.54 bits per heavy atom. The first kappa shape index (κ1) is 8.98. The van der Waals surface area contributed by atoms with Gasteiger partial charge in [0.05, 0.1) is 6.07 Å². The van der Waals surface area contributed by atoms with Gasteiger partial charge in [-0.2, -0.15) is 5.26 Å². The summed E-state index contributed by atoms with van der Waals surface area (Å²) in [6.45, 7) is 6.30. The Bertz CT molecular complexity index is 225. The van der Waals surface area contributed by atoms with Gasteiger partial charge in [0.25, 0.3) is 0 Å². The summed E-state index contributed by atoms with van der Waals surface area (Å²) in [5.74, 6) is 0.586. The van der Waals surface area contributed by atoms with E-state index in [0.29, 0.717) is 5.92 Å². The summed E-state index contributed by atoms with van der Waals surface area (Å²) in [7, 11) is 0. The Morgan fingerprint density at radius 2 is 2.23 bits per heavy atom. The first-order valence-corrected chi connectivity index (χ1v) is 5.19. The predicted molar refractivity (Wildman–Crippen MR) is 51.2 cm³/mol. The van der Waals surface area contributed by atoms with E-state index in [1.54, 1.807) is 0 Å². The molecule has 2 bridgehead atoms. The minimum absolute atomic E-state index is 0.231. The highest BCUT2D eigenvalue weighted by molar-refractivity contribution is 5.16. The van der Waals surface area contributed by atoms with E-state index in [1.165, 1.54) is 25.9 Å². The van der Waals surface area contributed by atoms with Crippen molar-refractivity contribution >= 4 is 0 Å². The minimum Gasteiger partial charge on any atom is -0.300 e. The van der Waals surface area contributed by atoms with Gasteiger partial charge in [0.2, 0.25) is 0 Å². The number of nitriles is 1. The van der Waals surface area contributed by atoms with Crippen molar-refractivity contribution < 1.29 is 0 Å². The molecule has 3 heterocycles. The fourth-order valence-corrected chi connectivity index (χ4v) is 2.75. The molecule has 0 radical (unpaired) electrons. The molecule has 1 unspecified atom stereocenters.